The van der Waals surface area contributed by atoms with Gasteiger partial charge in [-0.1, -0.05) is 208 Å². The molecule has 0 radical (unpaired) electrons. The van der Waals surface area contributed by atoms with E-state index in [0.717, 1.165) is 148 Å². The first-order valence-electron chi connectivity index (χ1n) is 27.7. The number of unbranched alkanes of at least 4 members (excludes halogenated alkanes) is 22. The second kappa shape index (κ2) is 54.9. The van der Waals surface area contributed by atoms with Gasteiger partial charge < -0.3 is 14.2 Å². The Morgan fingerprint density at radius 2 is 0.582 bits per heavy atom. The molecule has 0 saturated heterocycles. The van der Waals surface area contributed by atoms with Crippen molar-refractivity contribution in [2.75, 3.05) is 13.2 Å². The lowest BCUT2D eigenvalue weighted by atomic mass is 10.1. The molecule has 1 unspecified atom stereocenters. The Labute approximate surface area is 413 Å². The second-order valence-corrected chi connectivity index (χ2v) is 18.1. The third-order valence-electron chi connectivity index (χ3n) is 11.5. The number of rotatable bonds is 49. The molecule has 0 N–H and O–H groups in total. The molecule has 0 saturated carbocycles. The summed E-state index contributed by atoms with van der Waals surface area (Å²) in [5.41, 5.74) is 0. The Kier molecular flexibility index (Phi) is 51.9. The molecule has 0 aliphatic rings. The van der Waals surface area contributed by atoms with Crippen molar-refractivity contribution in [1.82, 2.24) is 0 Å². The SMILES string of the molecule is CC/C=C\C/C=C\C/C=C\C/C=C\CCCCCCC(=O)OCC(COC(=O)CCCCCCC/C=C\C/C=C\CCCCCC)OC(=O)CCCCCCC/C=C\C/C=C\CCCCCC. The number of hydrogen-bond acceptors (Lipinski definition) is 6. The molecule has 0 amide bonds. The highest BCUT2D eigenvalue weighted by molar-refractivity contribution is 5.71. The molecular weight excluding hydrogens is 829 g/mol. The van der Waals surface area contributed by atoms with Crippen LogP contribution in [-0.2, 0) is 28.6 Å². The molecule has 0 heterocycles. The lowest BCUT2D eigenvalue weighted by Gasteiger charge is -2.18. The number of esters is 3. The lowest BCUT2D eigenvalue weighted by molar-refractivity contribution is -0.167. The monoisotopic (exact) mass is 931 g/mol. The Morgan fingerprint density at radius 3 is 0.910 bits per heavy atom. The van der Waals surface area contributed by atoms with Gasteiger partial charge in [0.05, 0.1) is 0 Å². The molecule has 0 aromatic heterocycles. The fourth-order valence-electron chi connectivity index (χ4n) is 7.37. The van der Waals surface area contributed by atoms with Gasteiger partial charge in [-0.3, -0.25) is 14.4 Å². The maximum atomic E-state index is 12.8. The lowest BCUT2D eigenvalue weighted by Crippen LogP contribution is -2.30. The standard InChI is InChI=1S/C61H102O6/c1-4-7-10-13-16-19-22-25-28-31-34-36-39-42-45-48-51-54-60(63)66-57-58(67-61(64)55-52-49-46-43-40-37-33-30-27-24-21-18-15-12-9-6-3)56-65-59(62)53-50-47-44-41-38-35-32-29-26-23-20-17-14-11-8-5-2/h7,10,16,19-21,23-25,28-30,32-34,36,58H,4-6,8-9,11-15,17-18,22,26-27,31,35,37-57H2,1-3H3/b10-7-,19-16-,23-20-,24-21-,28-25-,32-29-,33-30-,36-34-. The minimum absolute atomic E-state index is 0.0994. The second-order valence-electron chi connectivity index (χ2n) is 18.1. The van der Waals surface area contributed by atoms with Crippen molar-refractivity contribution in [3.63, 3.8) is 0 Å². The highest BCUT2D eigenvalue weighted by Crippen LogP contribution is 2.13. The van der Waals surface area contributed by atoms with Gasteiger partial charge in [0.1, 0.15) is 13.2 Å². The van der Waals surface area contributed by atoms with Gasteiger partial charge in [-0.25, -0.2) is 0 Å². The normalized spacial score (nSPS) is 12.8. The summed E-state index contributed by atoms with van der Waals surface area (Å²) in [7, 11) is 0. The molecule has 0 fully saturated rings. The van der Waals surface area contributed by atoms with E-state index in [1.54, 1.807) is 0 Å². The molecule has 0 aromatic carbocycles. The van der Waals surface area contributed by atoms with Crippen LogP contribution in [0.15, 0.2) is 97.2 Å². The zero-order valence-electron chi connectivity index (χ0n) is 43.6. The molecule has 382 valence electrons. The summed E-state index contributed by atoms with van der Waals surface area (Å²) >= 11 is 0. The largest absolute Gasteiger partial charge is 0.462 e. The van der Waals surface area contributed by atoms with Crippen molar-refractivity contribution >= 4 is 17.9 Å². The van der Waals surface area contributed by atoms with Crippen LogP contribution in [0.2, 0.25) is 0 Å². The van der Waals surface area contributed by atoms with Gasteiger partial charge in [0.2, 0.25) is 0 Å². The Bertz CT molecular complexity index is 1350. The molecule has 0 bridgehead atoms. The van der Waals surface area contributed by atoms with Gasteiger partial charge in [-0.15, -0.1) is 0 Å². The number of ether oxygens (including phenoxy) is 3. The molecule has 67 heavy (non-hydrogen) atoms. The Morgan fingerprint density at radius 1 is 0.313 bits per heavy atom. The third-order valence-corrected chi connectivity index (χ3v) is 11.5. The van der Waals surface area contributed by atoms with Gasteiger partial charge >= 0.3 is 17.9 Å². The van der Waals surface area contributed by atoms with E-state index in [4.69, 9.17) is 14.2 Å². The van der Waals surface area contributed by atoms with Crippen molar-refractivity contribution in [3.8, 4) is 0 Å². The first-order valence-corrected chi connectivity index (χ1v) is 27.7. The molecule has 0 aromatic rings. The predicted molar refractivity (Wildman–Crippen MR) is 288 cm³/mol. The van der Waals surface area contributed by atoms with E-state index in [9.17, 15) is 14.4 Å². The smallest absolute Gasteiger partial charge is 0.306 e. The van der Waals surface area contributed by atoms with Gasteiger partial charge in [0.15, 0.2) is 6.10 Å². The highest BCUT2D eigenvalue weighted by Gasteiger charge is 2.19. The van der Waals surface area contributed by atoms with E-state index >= 15 is 0 Å². The van der Waals surface area contributed by atoms with E-state index in [2.05, 4.69) is 118 Å². The van der Waals surface area contributed by atoms with Crippen LogP contribution in [0.1, 0.15) is 252 Å². The van der Waals surface area contributed by atoms with Crippen LogP contribution in [-0.4, -0.2) is 37.2 Å². The predicted octanol–water partition coefficient (Wildman–Crippen LogP) is 18.5. The van der Waals surface area contributed by atoms with Crippen molar-refractivity contribution in [2.45, 2.75) is 258 Å². The highest BCUT2D eigenvalue weighted by atomic mass is 16.6. The fraction of sp³-hybridized carbons (Fsp3) is 0.689. The van der Waals surface area contributed by atoms with Gasteiger partial charge in [-0.2, -0.15) is 0 Å². The van der Waals surface area contributed by atoms with Gasteiger partial charge in [-0.05, 0) is 122 Å². The van der Waals surface area contributed by atoms with Crippen molar-refractivity contribution < 1.29 is 28.6 Å². The zero-order valence-corrected chi connectivity index (χ0v) is 43.6. The summed E-state index contributed by atoms with van der Waals surface area (Å²) in [4.78, 5) is 38.1. The zero-order chi connectivity index (χ0) is 48.6. The number of allylic oxidation sites excluding steroid dienone is 16. The molecule has 0 aliphatic carbocycles. The van der Waals surface area contributed by atoms with Crippen LogP contribution in [0.4, 0.5) is 0 Å². The number of carbonyl (C=O) groups is 3. The summed E-state index contributed by atoms with van der Waals surface area (Å²) in [5, 5.41) is 0. The fourth-order valence-corrected chi connectivity index (χ4v) is 7.37. The molecule has 0 rings (SSSR count). The van der Waals surface area contributed by atoms with E-state index in [-0.39, 0.29) is 31.1 Å². The quantitative estimate of drug-likeness (QED) is 0.0262. The average Bonchev–Trinajstić information content (AvgIpc) is 3.33. The van der Waals surface area contributed by atoms with Crippen LogP contribution >= 0.6 is 0 Å². The van der Waals surface area contributed by atoms with E-state index in [1.807, 2.05) is 0 Å². The third kappa shape index (κ3) is 53.2. The van der Waals surface area contributed by atoms with Crippen molar-refractivity contribution in [3.05, 3.63) is 97.2 Å². The summed E-state index contributed by atoms with van der Waals surface area (Å²) < 4.78 is 16.8. The van der Waals surface area contributed by atoms with Crippen LogP contribution in [0, 0.1) is 0 Å². The summed E-state index contributed by atoms with van der Waals surface area (Å²) in [6, 6.07) is 0. The average molecular weight is 931 g/mol. The van der Waals surface area contributed by atoms with Crippen molar-refractivity contribution in [1.29, 1.82) is 0 Å². The maximum Gasteiger partial charge on any atom is 0.306 e. The van der Waals surface area contributed by atoms with E-state index in [1.165, 1.54) is 64.2 Å². The van der Waals surface area contributed by atoms with E-state index in [0.29, 0.717) is 19.3 Å². The van der Waals surface area contributed by atoms with Crippen LogP contribution in [0.25, 0.3) is 0 Å². The summed E-state index contributed by atoms with van der Waals surface area (Å²) in [6.07, 6.45) is 72.4. The van der Waals surface area contributed by atoms with Crippen LogP contribution < -0.4 is 0 Å². The molecular formula is C61H102O6. The van der Waals surface area contributed by atoms with Crippen molar-refractivity contribution in [2.24, 2.45) is 0 Å². The molecule has 0 spiro atoms. The topological polar surface area (TPSA) is 78.9 Å². The first kappa shape index (κ1) is 63.3. The number of carbonyl (C=O) groups excluding carboxylic acids is 3. The van der Waals surface area contributed by atoms with Gasteiger partial charge in [0, 0.05) is 19.3 Å². The number of hydrogen-bond donors (Lipinski definition) is 0. The minimum atomic E-state index is -0.802. The van der Waals surface area contributed by atoms with E-state index < -0.39 is 6.10 Å². The summed E-state index contributed by atoms with van der Waals surface area (Å²) in [6.45, 7) is 6.45. The molecule has 6 heteroatoms. The Hall–Kier alpha value is -3.67. The molecule has 6 nitrogen and oxygen atoms in total. The first-order chi connectivity index (χ1) is 33.0. The maximum absolute atomic E-state index is 12.8. The Balaban J connectivity index is 4.49. The minimum Gasteiger partial charge on any atom is -0.462 e. The molecule has 1 atom stereocenters. The van der Waals surface area contributed by atoms with Crippen LogP contribution in [0.5, 0.6) is 0 Å². The summed E-state index contributed by atoms with van der Waals surface area (Å²) in [5.74, 6) is -0.949. The molecule has 0 aliphatic heterocycles. The van der Waals surface area contributed by atoms with Crippen LogP contribution in [0.3, 0.4) is 0 Å². The van der Waals surface area contributed by atoms with Gasteiger partial charge in [0.25, 0.3) is 0 Å².